The number of nitrogens with zero attached hydrogens (tertiary/aromatic N) is 4. The van der Waals surface area contributed by atoms with Gasteiger partial charge in [0.2, 0.25) is 0 Å². The molecule has 0 radical (unpaired) electrons. The number of benzene rings is 1. The Labute approximate surface area is 152 Å². The summed E-state index contributed by atoms with van der Waals surface area (Å²) in [6, 6.07) is 6.41. The molecule has 0 unspecified atom stereocenters. The molecular formula is C20H23FN4O. The molecule has 0 aliphatic carbocycles. The Balaban J connectivity index is 1.62. The van der Waals surface area contributed by atoms with Crippen LogP contribution in [-0.4, -0.2) is 38.0 Å². The SMILES string of the molecule is Cc1cn(C)c([C@@H]2CCCN(C(=O)c3cc4cc(F)ccc4n3C)C2)n1. The van der Waals surface area contributed by atoms with Crippen molar-refractivity contribution in [1.82, 2.24) is 19.0 Å². The van der Waals surface area contributed by atoms with Crippen LogP contribution in [0.25, 0.3) is 10.9 Å². The number of piperidine rings is 1. The van der Waals surface area contributed by atoms with Gasteiger partial charge in [0.15, 0.2) is 0 Å². The normalized spacial score (nSPS) is 17.8. The molecule has 1 atom stereocenters. The first-order valence-electron chi connectivity index (χ1n) is 8.98. The molecule has 1 amide bonds. The van der Waals surface area contributed by atoms with Gasteiger partial charge in [-0.05, 0) is 44.0 Å². The second-order valence-corrected chi connectivity index (χ2v) is 7.23. The molecule has 0 saturated carbocycles. The highest BCUT2D eigenvalue weighted by molar-refractivity contribution is 5.98. The number of aromatic nitrogens is 3. The molecule has 3 heterocycles. The van der Waals surface area contributed by atoms with Gasteiger partial charge in [0.1, 0.15) is 17.3 Å². The van der Waals surface area contributed by atoms with E-state index < -0.39 is 0 Å². The summed E-state index contributed by atoms with van der Waals surface area (Å²) in [5.41, 5.74) is 2.46. The number of carbonyl (C=O) groups is 1. The smallest absolute Gasteiger partial charge is 0.270 e. The maximum absolute atomic E-state index is 13.5. The Hall–Kier alpha value is -2.63. The van der Waals surface area contributed by atoms with Crippen molar-refractivity contribution in [2.24, 2.45) is 14.1 Å². The fourth-order valence-electron chi connectivity index (χ4n) is 4.07. The second-order valence-electron chi connectivity index (χ2n) is 7.23. The molecule has 3 aromatic rings. The first-order chi connectivity index (χ1) is 12.4. The zero-order valence-electron chi connectivity index (χ0n) is 15.4. The number of rotatable bonds is 2. The molecule has 1 saturated heterocycles. The van der Waals surface area contributed by atoms with Crippen LogP contribution >= 0.6 is 0 Å². The summed E-state index contributed by atoms with van der Waals surface area (Å²) in [7, 11) is 3.87. The van der Waals surface area contributed by atoms with Crippen molar-refractivity contribution in [3.8, 4) is 0 Å². The number of hydrogen-bond donors (Lipinski definition) is 0. The van der Waals surface area contributed by atoms with E-state index in [-0.39, 0.29) is 17.6 Å². The first kappa shape index (κ1) is 16.8. The summed E-state index contributed by atoms with van der Waals surface area (Å²) < 4.78 is 17.4. The quantitative estimate of drug-likeness (QED) is 0.708. The third-order valence-electron chi connectivity index (χ3n) is 5.33. The van der Waals surface area contributed by atoms with Crippen molar-refractivity contribution >= 4 is 16.8 Å². The molecular weight excluding hydrogens is 331 g/mol. The number of halogens is 1. The summed E-state index contributed by atoms with van der Waals surface area (Å²) in [5.74, 6) is 1.00. The van der Waals surface area contributed by atoms with Gasteiger partial charge in [-0.1, -0.05) is 0 Å². The van der Waals surface area contributed by atoms with Gasteiger partial charge in [0.05, 0.1) is 5.69 Å². The van der Waals surface area contributed by atoms with Gasteiger partial charge in [-0.2, -0.15) is 0 Å². The molecule has 136 valence electrons. The molecule has 0 N–H and O–H groups in total. The van der Waals surface area contributed by atoms with Gasteiger partial charge in [-0.15, -0.1) is 0 Å². The number of imidazole rings is 1. The molecule has 2 aromatic heterocycles. The zero-order valence-corrected chi connectivity index (χ0v) is 15.4. The lowest BCUT2D eigenvalue weighted by Crippen LogP contribution is -2.40. The number of hydrogen-bond acceptors (Lipinski definition) is 2. The number of fused-ring (bicyclic) bond motifs is 1. The Morgan fingerprint density at radius 2 is 2.08 bits per heavy atom. The minimum atomic E-state index is -0.287. The summed E-state index contributed by atoms with van der Waals surface area (Å²) in [6.07, 6.45) is 4.02. The Morgan fingerprint density at radius 3 is 2.81 bits per heavy atom. The van der Waals surface area contributed by atoms with E-state index in [1.165, 1.54) is 12.1 Å². The highest BCUT2D eigenvalue weighted by atomic mass is 19.1. The standard InChI is InChI=1S/C20H23FN4O/c1-13-11-23(2)19(22-13)14-5-4-8-25(12-14)20(26)18-10-15-9-16(21)6-7-17(15)24(18)3/h6-7,9-11,14H,4-5,8,12H2,1-3H3/t14-/m1/s1. The summed E-state index contributed by atoms with van der Waals surface area (Å²) >= 11 is 0. The molecule has 6 heteroatoms. The number of amides is 1. The third kappa shape index (κ3) is 2.79. The van der Waals surface area contributed by atoms with Crippen LogP contribution < -0.4 is 0 Å². The second kappa shape index (κ2) is 6.27. The van der Waals surface area contributed by atoms with Crippen LogP contribution in [-0.2, 0) is 14.1 Å². The van der Waals surface area contributed by atoms with Crippen molar-refractivity contribution in [3.05, 3.63) is 53.5 Å². The van der Waals surface area contributed by atoms with E-state index in [0.29, 0.717) is 12.2 Å². The van der Waals surface area contributed by atoms with Gasteiger partial charge in [-0.25, -0.2) is 9.37 Å². The fourth-order valence-corrected chi connectivity index (χ4v) is 4.07. The van der Waals surface area contributed by atoms with Gasteiger partial charge < -0.3 is 14.0 Å². The Bertz CT molecular complexity index is 987. The van der Waals surface area contributed by atoms with E-state index in [1.54, 1.807) is 12.1 Å². The third-order valence-corrected chi connectivity index (χ3v) is 5.33. The van der Waals surface area contributed by atoms with Crippen molar-refractivity contribution < 1.29 is 9.18 Å². The highest BCUT2D eigenvalue weighted by Gasteiger charge is 2.29. The lowest BCUT2D eigenvalue weighted by molar-refractivity contribution is 0.0694. The lowest BCUT2D eigenvalue weighted by Gasteiger charge is -2.32. The van der Waals surface area contributed by atoms with Crippen LogP contribution in [0.3, 0.4) is 0 Å². The topological polar surface area (TPSA) is 43.1 Å². The van der Waals surface area contributed by atoms with Crippen molar-refractivity contribution in [1.29, 1.82) is 0 Å². The molecule has 0 bridgehead atoms. The van der Waals surface area contributed by atoms with E-state index in [4.69, 9.17) is 0 Å². The number of carbonyl (C=O) groups excluding carboxylic acids is 1. The molecule has 1 aliphatic rings. The predicted molar refractivity (Wildman–Crippen MR) is 98.7 cm³/mol. The maximum Gasteiger partial charge on any atom is 0.270 e. The number of aryl methyl sites for hydroxylation is 3. The van der Waals surface area contributed by atoms with E-state index in [2.05, 4.69) is 9.55 Å². The average molecular weight is 354 g/mol. The zero-order chi connectivity index (χ0) is 18.4. The molecule has 1 fully saturated rings. The first-order valence-corrected chi connectivity index (χ1v) is 8.98. The largest absolute Gasteiger partial charge is 0.340 e. The summed E-state index contributed by atoms with van der Waals surface area (Å²) in [5, 5.41) is 0.754. The van der Waals surface area contributed by atoms with Gasteiger partial charge in [-0.3, -0.25) is 4.79 Å². The summed E-state index contributed by atoms with van der Waals surface area (Å²) in [6.45, 7) is 3.40. The molecule has 26 heavy (non-hydrogen) atoms. The van der Waals surface area contributed by atoms with E-state index >= 15 is 0 Å². The lowest BCUT2D eigenvalue weighted by atomic mass is 9.97. The minimum absolute atomic E-state index is 0.000241. The molecule has 4 rings (SSSR count). The monoisotopic (exact) mass is 354 g/mol. The minimum Gasteiger partial charge on any atom is -0.340 e. The molecule has 1 aliphatic heterocycles. The van der Waals surface area contributed by atoms with Crippen LogP contribution in [0.1, 0.15) is 40.8 Å². The number of likely N-dealkylation sites (tertiary alicyclic amines) is 1. The fraction of sp³-hybridized carbons (Fsp3) is 0.400. The van der Waals surface area contributed by atoms with Crippen molar-refractivity contribution in [3.63, 3.8) is 0 Å². The molecule has 0 spiro atoms. The van der Waals surface area contributed by atoms with Crippen LogP contribution in [0.2, 0.25) is 0 Å². The average Bonchev–Trinajstić information content (AvgIpc) is 3.13. The van der Waals surface area contributed by atoms with Crippen LogP contribution in [0.4, 0.5) is 4.39 Å². The predicted octanol–water partition coefficient (Wildman–Crippen LogP) is 3.38. The van der Waals surface area contributed by atoms with E-state index in [0.717, 1.165) is 41.8 Å². The van der Waals surface area contributed by atoms with Crippen molar-refractivity contribution in [2.75, 3.05) is 13.1 Å². The summed E-state index contributed by atoms with van der Waals surface area (Å²) in [4.78, 5) is 19.7. The highest BCUT2D eigenvalue weighted by Crippen LogP contribution is 2.28. The Kier molecular flexibility index (Phi) is 4.05. The Morgan fingerprint density at radius 1 is 1.27 bits per heavy atom. The van der Waals surface area contributed by atoms with Gasteiger partial charge in [0.25, 0.3) is 5.91 Å². The maximum atomic E-state index is 13.5. The molecule has 1 aromatic carbocycles. The van der Waals surface area contributed by atoms with Crippen LogP contribution in [0.5, 0.6) is 0 Å². The van der Waals surface area contributed by atoms with Crippen LogP contribution in [0.15, 0.2) is 30.5 Å². The van der Waals surface area contributed by atoms with Gasteiger partial charge in [0, 0.05) is 50.2 Å². The van der Waals surface area contributed by atoms with Crippen LogP contribution in [0, 0.1) is 12.7 Å². The van der Waals surface area contributed by atoms with Crippen molar-refractivity contribution in [2.45, 2.75) is 25.7 Å². The van der Waals surface area contributed by atoms with E-state index in [9.17, 15) is 9.18 Å². The molecule has 5 nitrogen and oxygen atoms in total. The van der Waals surface area contributed by atoms with Gasteiger partial charge >= 0.3 is 0 Å². The van der Waals surface area contributed by atoms with E-state index in [1.807, 2.05) is 36.7 Å².